The van der Waals surface area contributed by atoms with Crippen molar-refractivity contribution in [1.29, 1.82) is 0 Å². The van der Waals surface area contributed by atoms with Crippen molar-refractivity contribution in [3.63, 3.8) is 0 Å². The Balaban J connectivity index is 2.05. The molecule has 1 aliphatic rings. The maximum absolute atomic E-state index is 12.4. The summed E-state index contributed by atoms with van der Waals surface area (Å²) in [5, 5.41) is 0.643. The molecule has 2 rings (SSSR count). The SMILES string of the molecule is COc1ccc(Cl)cc1CN(C)C(=O)[C@H]1CC[C@@H](N)C1. The fourth-order valence-electron chi connectivity index (χ4n) is 2.76. The lowest BCUT2D eigenvalue weighted by molar-refractivity contribution is -0.134. The molecule has 1 aromatic carbocycles. The quantitative estimate of drug-likeness (QED) is 0.928. The molecule has 5 heteroatoms. The van der Waals surface area contributed by atoms with E-state index in [1.54, 1.807) is 18.1 Å². The van der Waals surface area contributed by atoms with Crippen LogP contribution in [0.5, 0.6) is 5.75 Å². The molecule has 20 heavy (non-hydrogen) atoms. The number of benzene rings is 1. The molecule has 0 heterocycles. The highest BCUT2D eigenvalue weighted by molar-refractivity contribution is 6.30. The van der Waals surface area contributed by atoms with E-state index in [4.69, 9.17) is 22.1 Å². The number of methoxy groups -OCH3 is 1. The third-order valence-corrected chi connectivity index (χ3v) is 4.08. The molecule has 0 radical (unpaired) electrons. The zero-order valence-electron chi connectivity index (χ0n) is 11.9. The summed E-state index contributed by atoms with van der Waals surface area (Å²) in [6, 6.07) is 5.60. The number of halogens is 1. The van der Waals surface area contributed by atoms with Gasteiger partial charge in [-0.15, -0.1) is 0 Å². The lowest BCUT2D eigenvalue weighted by Crippen LogP contribution is -2.32. The van der Waals surface area contributed by atoms with E-state index in [-0.39, 0.29) is 17.9 Å². The van der Waals surface area contributed by atoms with Crippen molar-refractivity contribution in [2.45, 2.75) is 31.8 Å². The molecule has 2 atom stereocenters. The first-order chi connectivity index (χ1) is 9.51. The van der Waals surface area contributed by atoms with E-state index in [1.165, 1.54) is 0 Å². The van der Waals surface area contributed by atoms with E-state index in [0.717, 1.165) is 30.6 Å². The topological polar surface area (TPSA) is 55.6 Å². The van der Waals surface area contributed by atoms with Crippen LogP contribution in [0.3, 0.4) is 0 Å². The molecule has 1 fully saturated rings. The first-order valence-electron chi connectivity index (χ1n) is 6.84. The Kier molecular flexibility index (Phi) is 4.89. The minimum absolute atomic E-state index is 0.0557. The number of amides is 1. The molecule has 0 aromatic heterocycles. The van der Waals surface area contributed by atoms with Crippen LogP contribution in [0.2, 0.25) is 5.02 Å². The lowest BCUT2D eigenvalue weighted by Gasteiger charge is -2.22. The Hall–Kier alpha value is -1.26. The second kappa shape index (κ2) is 6.46. The zero-order chi connectivity index (χ0) is 14.7. The Morgan fingerprint density at radius 2 is 2.25 bits per heavy atom. The van der Waals surface area contributed by atoms with E-state index in [2.05, 4.69) is 0 Å². The molecule has 1 aromatic rings. The summed E-state index contributed by atoms with van der Waals surface area (Å²) in [7, 11) is 3.43. The number of hydrogen-bond acceptors (Lipinski definition) is 3. The summed E-state index contributed by atoms with van der Waals surface area (Å²) >= 11 is 6.01. The normalized spacial score (nSPS) is 21.8. The summed E-state index contributed by atoms with van der Waals surface area (Å²) in [4.78, 5) is 14.1. The van der Waals surface area contributed by atoms with Gasteiger partial charge >= 0.3 is 0 Å². The molecule has 0 saturated heterocycles. The third-order valence-electron chi connectivity index (χ3n) is 3.85. The highest BCUT2D eigenvalue weighted by Gasteiger charge is 2.29. The average Bonchev–Trinajstić information content (AvgIpc) is 2.84. The number of nitrogens with zero attached hydrogens (tertiary/aromatic N) is 1. The highest BCUT2D eigenvalue weighted by atomic mass is 35.5. The molecule has 2 N–H and O–H groups in total. The predicted molar refractivity (Wildman–Crippen MR) is 79.8 cm³/mol. The van der Waals surface area contributed by atoms with Gasteiger partial charge in [-0.1, -0.05) is 11.6 Å². The highest BCUT2D eigenvalue weighted by Crippen LogP contribution is 2.28. The van der Waals surface area contributed by atoms with Crippen molar-refractivity contribution in [3.8, 4) is 5.75 Å². The largest absolute Gasteiger partial charge is 0.496 e. The Morgan fingerprint density at radius 3 is 2.85 bits per heavy atom. The Morgan fingerprint density at radius 1 is 1.50 bits per heavy atom. The Bertz CT molecular complexity index is 493. The number of carbonyl (C=O) groups excluding carboxylic acids is 1. The number of hydrogen-bond donors (Lipinski definition) is 1. The molecule has 0 bridgehead atoms. The van der Waals surface area contributed by atoms with Crippen LogP contribution in [-0.4, -0.2) is 31.0 Å². The van der Waals surface area contributed by atoms with Crippen LogP contribution in [0, 0.1) is 5.92 Å². The lowest BCUT2D eigenvalue weighted by atomic mass is 10.1. The van der Waals surface area contributed by atoms with Crippen LogP contribution >= 0.6 is 11.6 Å². The van der Waals surface area contributed by atoms with Crippen molar-refractivity contribution in [2.75, 3.05) is 14.2 Å². The zero-order valence-corrected chi connectivity index (χ0v) is 12.7. The van der Waals surface area contributed by atoms with Crippen molar-refractivity contribution in [2.24, 2.45) is 11.7 Å². The van der Waals surface area contributed by atoms with Gasteiger partial charge in [0.25, 0.3) is 0 Å². The first kappa shape index (κ1) is 15.1. The van der Waals surface area contributed by atoms with E-state index < -0.39 is 0 Å². The maximum Gasteiger partial charge on any atom is 0.225 e. The number of carbonyl (C=O) groups is 1. The van der Waals surface area contributed by atoms with Gasteiger partial charge in [0, 0.05) is 36.1 Å². The van der Waals surface area contributed by atoms with Gasteiger partial charge in [0.2, 0.25) is 5.91 Å². The van der Waals surface area contributed by atoms with Crippen LogP contribution in [-0.2, 0) is 11.3 Å². The van der Waals surface area contributed by atoms with E-state index in [1.807, 2.05) is 19.2 Å². The molecule has 0 unspecified atom stereocenters. The van der Waals surface area contributed by atoms with Gasteiger partial charge < -0.3 is 15.4 Å². The second-order valence-corrected chi connectivity index (χ2v) is 5.86. The fraction of sp³-hybridized carbons (Fsp3) is 0.533. The molecule has 4 nitrogen and oxygen atoms in total. The summed E-state index contributed by atoms with van der Waals surface area (Å²) < 4.78 is 5.31. The third kappa shape index (κ3) is 3.44. The summed E-state index contributed by atoms with van der Waals surface area (Å²) in [6.45, 7) is 0.494. The van der Waals surface area contributed by atoms with Gasteiger partial charge in [-0.2, -0.15) is 0 Å². The first-order valence-corrected chi connectivity index (χ1v) is 7.22. The molecular formula is C15H21ClN2O2. The predicted octanol–water partition coefficient (Wildman–Crippen LogP) is 2.43. The molecule has 1 saturated carbocycles. The van der Waals surface area contributed by atoms with Gasteiger partial charge in [-0.25, -0.2) is 0 Å². The summed E-state index contributed by atoms with van der Waals surface area (Å²) in [5.41, 5.74) is 6.79. The van der Waals surface area contributed by atoms with E-state index in [9.17, 15) is 4.79 Å². The molecular weight excluding hydrogens is 276 g/mol. The number of nitrogens with two attached hydrogens (primary N) is 1. The standard InChI is InChI=1S/C15H21ClN2O2/c1-18(15(19)10-3-5-13(17)8-10)9-11-7-12(16)4-6-14(11)20-2/h4,6-7,10,13H,3,5,8-9,17H2,1-2H3/t10-,13+/m0/s1. The minimum atomic E-state index is 0.0557. The molecule has 1 amide bonds. The van der Waals surface area contributed by atoms with Gasteiger partial charge in [-0.3, -0.25) is 4.79 Å². The maximum atomic E-state index is 12.4. The van der Waals surface area contributed by atoms with Gasteiger partial charge in [0.05, 0.1) is 7.11 Å². The number of rotatable bonds is 4. The van der Waals surface area contributed by atoms with Gasteiger partial charge in [-0.05, 0) is 37.5 Å². The van der Waals surface area contributed by atoms with Crippen molar-refractivity contribution in [3.05, 3.63) is 28.8 Å². The van der Waals surface area contributed by atoms with E-state index >= 15 is 0 Å². The smallest absolute Gasteiger partial charge is 0.225 e. The van der Waals surface area contributed by atoms with Crippen LogP contribution < -0.4 is 10.5 Å². The second-order valence-electron chi connectivity index (χ2n) is 5.42. The van der Waals surface area contributed by atoms with Crippen LogP contribution in [0.15, 0.2) is 18.2 Å². The minimum Gasteiger partial charge on any atom is -0.496 e. The number of ether oxygens (including phenoxy) is 1. The fourth-order valence-corrected chi connectivity index (χ4v) is 2.95. The molecule has 110 valence electrons. The molecule has 0 aliphatic heterocycles. The average molecular weight is 297 g/mol. The Labute approximate surface area is 124 Å². The summed E-state index contributed by atoms with van der Waals surface area (Å²) in [5.74, 6) is 0.956. The summed E-state index contributed by atoms with van der Waals surface area (Å²) in [6.07, 6.45) is 2.61. The van der Waals surface area contributed by atoms with E-state index in [0.29, 0.717) is 11.6 Å². The van der Waals surface area contributed by atoms with Gasteiger partial charge in [0.15, 0.2) is 0 Å². The van der Waals surface area contributed by atoms with Crippen LogP contribution in [0.4, 0.5) is 0 Å². The molecule has 1 aliphatic carbocycles. The van der Waals surface area contributed by atoms with Gasteiger partial charge in [0.1, 0.15) is 5.75 Å². The van der Waals surface area contributed by atoms with Crippen molar-refractivity contribution in [1.82, 2.24) is 4.90 Å². The molecule has 0 spiro atoms. The van der Waals surface area contributed by atoms with Crippen LogP contribution in [0.1, 0.15) is 24.8 Å². The van der Waals surface area contributed by atoms with Crippen LogP contribution in [0.25, 0.3) is 0 Å². The van der Waals surface area contributed by atoms with Crippen molar-refractivity contribution >= 4 is 17.5 Å². The van der Waals surface area contributed by atoms with Crippen molar-refractivity contribution < 1.29 is 9.53 Å². The monoisotopic (exact) mass is 296 g/mol.